The van der Waals surface area contributed by atoms with Gasteiger partial charge < -0.3 is 14.2 Å². The highest BCUT2D eigenvalue weighted by atomic mass is 16.3. The van der Waals surface area contributed by atoms with Crippen molar-refractivity contribution in [2.45, 2.75) is 32.7 Å². The molecule has 0 fully saturated rings. The third-order valence-electron chi connectivity index (χ3n) is 3.69. The summed E-state index contributed by atoms with van der Waals surface area (Å²) in [6.07, 6.45) is 5.48. The first-order chi connectivity index (χ1) is 10.3. The lowest BCUT2D eigenvalue weighted by atomic mass is 10.1. The van der Waals surface area contributed by atoms with Crippen LogP contribution >= 0.6 is 0 Å². The van der Waals surface area contributed by atoms with Crippen molar-refractivity contribution in [3.8, 4) is 0 Å². The molecule has 3 aromatic rings. The predicted octanol–water partition coefficient (Wildman–Crippen LogP) is 4.62. The Bertz CT molecular complexity index is 697. The van der Waals surface area contributed by atoms with Crippen LogP contribution < -0.4 is 5.32 Å². The normalized spacial score (nSPS) is 12.9. The fourth-order valence-corrected chi connectivity index (χ4v) is 2.59. The minimum Gasteiger partial charge on any atom is -0.472 e. The molecule has 1 N–H and O–H groups in total. The Hall–Kier alpha value is -2.00. The van der Waals surface area contributed by atoms with Crippen LogP contribution in [-0.2, 0) is 6.42 Å². The van der Waals surface area contributed by atoms with Gasteiger partial charge in [-0.2, -0.15) is 0 Å². The Kier molecular flexibility index (Phi) is 4.11. The fraction of sp³-hybridized carbons (Fsp3) is 0.333. The third kappa shape index (κ3) is 3.19. The van der Waals surface area contributed by atoms with Gasteiger partial charge in [0.1, 0.15) is 11.3 Å². The van der Waals surface area contributed by atoms with Crippen LogP contribution in [0.2, 0.25) is 0 Å². The van der Waals surface area contributed by atoms with Gasteiger partial charge in [0.2, 0.25) is 0 Å². The number of hydrogen-bond donors (Lipinski definition) is 1. The number of nitrogens with one attached hydrogen (secondary N) is 1. The molecule has 0 bridgehead atoms. The van der Waals surface area contributed by atoms with E-state index in [0.717, 1.165) is 30.7 Å². The van der Waals surface area contributed by atoms with Gasteiger partial charge >= 0.3 is 0 Å². The highest BCUT2D eigenvalue weighted by Crippen LogP contribution is 2.27. The van der Waals surface area contributed by atoms with Gasteiger partial charge in [-0.25, -0.2) is 0 Å². The Labute approximate surface area is 124 Å². The van der Waals surface area contributed by atoms with E-state index in [2.05, 4.69) is 37.4 Å². The summed E-state index contributed by atoms with van der Waals surface area (Å²) >= 11 is 0. The van der Waals surface area contributed by atoms with Crippen LogP contribution in [0.15, 0.2) is 51.7 Å². The number of fused-ring (bicyclic) bond motifs is 1. The second-order valence-corrected chi connectivity index (χ2v) is 5.53. The average Bonchev–Trinajstić information content (AvgIpc) is 3.11. The molecule has 2 aromatic heterocycles. The molecule has 0 saturated heterocycles. The molecule has 0 amide bonds. The molecule has 0 aliphatic carbocycles. The molecule has 1 unspecified atom stereocenters. The van der Waals surface area contributed by atoms with Crippen molar-refractivity contribution in [2.75, 3.05) is 6.54 Å². The first-order valence-corrected chi connectivity index (χ1v) is 7.51. The van der Waals surface area contributed by atoms with Crippen LogP contribution in [0.25, 0.3) is 11.0 Å². The van der Waals surface area contributed by atoms with Crippen molar-refractivity contribution < 1.29 is 8.83 Å². The lowest BCUT2D eigenvalue weighted by Gasteiger charge is -2.15. The smallest absolute Gasteiger partial charge is 0.134 e. The summed E-state index contributed by atoms with van der Waals surface area (Å²) < 4.78 is 11.2. The van der Waals surface area contributed by atoms with E-state index in [1.807, 2.05) is 12.1 Å². The number of benzene rings is 1. The van der Waals surface area contributed by atoms with Gasteiger partial charge in [0.25, 0.3) is 0 Å². The topological polar surface area (TPSA) is 38.3 Å². The molecular weight excluding hydrogens is 262 g/mol. The minimum atomic E-state index is 0.176. The van der Waals surface area contributed by atoms with Gasteiger partial charge in [0.15, 0.2) is 0 Å². The Morgan fingerprint density at radius 1 is 1.19 bits per heavy atom. The zero-order valence-electron chi connectivity index (χ0n) is 12.6. The van der Waals surface area contributed by atoms with Crippen molar-refractivity contribution in [1.29, 1.82) is 0 Å². The van der Waals surface area contributed by atoms with E-state index in [-0.39, 0.29) is 6.04 Å². The van der Waals surface area contributed by atoms with E-state index >= 15 is 0 Å². The molecule has 1 aromatic carbocycles. The van der Waals surface area contributed by atoms with Gasteiger partial charge in [-0.3, -0.25) is 0 Å². The quantitative estimate of drug-likeness (QED) is 0.717. The van der Waals surface area contributed by atoms with Crippen molar-refractivity contribution in [3.05, 3.63) is 59.7 Å². The maximum atomic E-state index is 6.04. The van der Waals surface area contributed by atoms with Crippen LogP contribution in [0.3, 0.4) is 0 Å². The lowest BCUT2D eigenvalue weighted by molar-refractivity contribution is 0.426. The van der Waals surface area contributed by atoms with Crippen LogP contribution in [0, 0.1) is 6.92 Å². The predicted molar refractivity (Wildman–Crippen MR) is 84.4 cm³/mol. The summed E-state index contributed by atoms with van der Waals surface area (Å²) in [5.41, 5.74) is 3.38. The molecule has 110 valence electrons. The fourth-order valence-electron chi connectivity index (χ4n) is 2.59. The summed E-state index contributed by atoms with van der Waals surface area (Å²) in [7, 11) is 0. The Morgan fingerprint density at radius 3 is 2.86 bits per heavy atom. The van der Waals surface area contributed by atoms with Crippen LogP contribution in [0.5, 0.6) is 0 Å². The molecule has 3 nitrogen and oxygen atoms in total. The molecule has 0 radical (unpaired) electrons. The average molecular weight is 283 g/mol. The van der Waals surface area contributed by atoms with Gasteiger partial charge in [-0.15, -0.1) is 0 Å². The van der Waals surface area contributed by atoms with Crippen LogP contribution in [-0.4, -0.2) is 6.54 Å². The molecular formula is C18H21NO2. The summed E-state index contributed by atoms with van der Waals surface area (Å²) in [6.45, 7) is 5.24. The number of hydrogen-bond acceptors (Lipinski definition) is 3. The zero-order chi connectivity index (χ0) is 14.7. The van der Waals surface area contributed by atoms with Gasteiger partial charge in [0.05, 0.1) is 18.6 Å². The zero-order valence-corrected chi connectivity index (χ0v) is 12.6. The van der Waals surface area contributed by atoms with Crippen molar-refractivity contribution in [1.82, 2.24) is 5.32 Å². The Morgan fingerprint density at radius 2 is 2.10 bits per heavy atom. The van der Waals surface area contributed by atoms with E-state index < -0.39 is 0 Å². The standard InChI is InChI=1S/C18H21NO2/c1-3-7-19-16(10-14-6-8-20-12-14)18-11-15-9-13(2)4-5-17(15)21-18/h4-6,8-9,11-12,16,19H,3,7,10H2,1-2H3. The summed E-state index contributed by atoms with van der Waals surface area (Å²) in [5.74, 6) is 0.991. The second kappa shape index (κ2) is 6.19. The monoisotopic (exact) mass is 283 g/mol. The van der Waals surface area contributed by atoms with Gasteiger partial charge in [0, 0.05) is 5.39 Å². The Balaban J connectivity index is 1.89. The van der Waals surface area contributed by atoms with Crippen molar-refractivity contribution in [2.24, 2.45) is 0 Å². The van der Waals surface area contributed by atoms with Gasteiger partial charge in [-0.1, -0.05) is 18.6 Å². The minimum absolute atomic E-state index is 0.176. The summed E-state index contributed by atoms with van der Waals surface area (Å²) in [6, 6.07) is 10.6. The van der Waals surface area contributed by atoms with Crippen molar-refractivity contribution >= 4 is 11.0 Å². The second-order valence-electron chi connectivity index (χ2n) is 5.53. The number of rotatable bonds is 6. The summed E-state index contributed by atoms with van der Waals surface area (Å²) in [5, 5.41) is 4.73. The van der Waals surface area contributed by atoms with E-state index in [4.69, 9.17) is 8.83 Å². The molecule has 2 heterocycles. The maximum absolute atomic E-state index is 6.04. The molecule has 3 rings (SSSR count). The van der Waals surface area contributed by atoms with E-state index in [9.17, 15) is 0 Å². The first kappa shape index (κ1) is 14.0. The van der Waals surface area contributed by atoms with Crippen molar-refractivity contribution in [3.63, 3.8) is 0 Å². The van der Waals surface area contributed by atoms with E-state index in [0.29, 0.717) is 0 Å². The highest BCUT2D eigenvalue weighted by molar-refractivity contribution is 5.78. The molecule has 0 spiro atoms. The van der Waals surface area contributed by atoms with Crippen LogP contribution in [0.1, 0.15) is 36.3 Å². The molecule has 0 aliphatic heterocycles. The van der Waals surface area contributed by atoms with E-state index in [1.165, 1.54) is 16.5 Å². The lowest BCUT2D eigenvalue weighted by Crippen LogP contribution is -2.23. The van der Waals surface area contributed by atoms with Crippen LogP contribution in [0.4, 0.5) is 0 Å². The maximum Gasteiger partial charge on any atom is 0.134 e. The molecule has 0 saturated carbocycles. The molecule has 0 aliphatic rings. The SMILES string of the molecule is CCCNC(Cc1ccoc1)c1cc2cc(C)ccc2o1. The molecule has 3 heteroatoms. The van der Waals surface area contributed by atoms with Gasteiger partial charge in [-0.05, 0) is 56.1 Å². The highest BCUT2D eigenvalue weighted by Gasteiger charge is 2.17. The van der Waals surface area contributed by atoms with E-state index in [1.54, 1.807) is 12.5 Å². The molecule has 1 atom stereocenters. The largest absolute Gasteiger partial charge is 0.472 e. The number of furan rings is 2. The first-order valence-electron chi connectivity index (χ1n) is 7.51. The summed E-state index contributed by atoms with van der Waals surface area (Å²) in [4.78, 5) is 0. The third-order valence-corrected chi connectivity index (χ3v) is 3.69. The molecule has 21 heavy (non-hydrogen) atoms. The number of aryl methyl sites for hydroxylation is 1.